The van der Waals surface area contributed by atoms with Crippen molar-refractivity contribution in [3.63, 3.8) is 0 Å². The molecule has 0 saturated heterocycles. The maximum atomic E-state index is 12.1. The first-order valence-electron chi connectivity index (χ1n) is 5.38. The van der Waals surface area contributed by atoms with E-state index in [1.807, 2.05) is 17.7 Å². The van der Waals surface area contributed by atoms with Crippen LogP contribution in [0.3, 0.4) is 0 Å². The van der Waals surface area contributed by atoms with Crippen LogP contribution >= 0.6 is 27.5 Å². The quantitative estimate of drug-likeness (QED) is 0.876. The molecule has 2 rings (SSSR count). The van der Waals surface area contributed by atoms with Gasteiger partial charge in [-0.3, -0.25) is 4.79 Å². The predicted molar refractivity (Wildman–Crippen MR) is 75.0 cm³/mol. The molecule has 0 saturated carbocycles. The lowest BCUT2D eigenvalue weighted by molar-refractivity contribution is 0.101. The number of amides is 1. The summed E-state index contributed by atoms with van der Waals surface area (Å²) in [5, 5.41) is 3.13. The second-order valence-electron chi connectivity index (χ2n) is 3.65. The summed E-state index contributed by atoms with van der Waals surface area (Å²) in [6.07, 6.45) is 3.42. The molecule has 18 heavy (non-hydrogen) atoms. The minimum atomic E-state index is -0.176. The van der Waals surface area contributed by atoms with Gasteiger partial charge in [-0.25, -0.2) is 4.98 Å². The van der Waals surface area contributed by atoms with E-state index in [4.69, 9.17) is 11.6 Å². The molecule has 1 N–H and O–H groups in total. The summed E-state index contributed by atoms with van der Waals surface area (Å²) in [7, 11) is 0. The zero-order valence-electron chi connectivity index (χ0n) is 9.65. The Morgan fingerprint density at radius 3 is 3.00 bits per heavy atom. The molecule has 94 valence electrons. The van der Waals surface area contributed by atoms with Crippen molar-refractivity contribution >= 4 is 39.1 Å². The SMILES string of the molecule is CCn1cc(Br)cc1C(=O)Nc1ccnc(Cl)c1. The molecule has 0 aliphatic carbocycles. The Morgan fingerprint density at radius 1 is 1.56 bits per heavy atom. The Morgan fingerprint density at radius 2 is 2.33 bits per heavy atom. The molecular formula is C12H11BrClN3O. The summed E-state index contributed by atoms with van der Waals surface area (Å²) in [6, 6.07) is 5.08. The van der Waals surface area contributed by atoms with Gasteiger partial charge in [0.25, 0.3) is 5.91 Å². The number of anilines is 1. The number of halogens is 2. The molecule has 1 amide bonds. The lowest BCUT2D eigenvalue weighted by atomic mass is 10.3. The Labute approximate surface area is 118 Å². The summed E-state index contributed by atoms with van der Waals surface area (Å²) in [4.78, 5) is 16.0. The van der Waals surface area contributed by atoms with Gasteiger partial charge in [0.15, 0.2) is 0 Å². The highest BCUT2D eigenvalue weighted by atomic mass is 79.9. The van der Waals surface area contributed by atoms with E-state index in [2.05, 4.69) is 26.2 Å². The minimum Gasteiger partial charge on any atom is -0.343 e. The third-order valence-electron chi connectivity index (χ3n) is 2.42. The summed E-state index contributed by atoms with van der Waals surface area (Å²) in [5.74, 6) is -0.176. The lowest BCUT2D eigenvalue weighted by Crippen LogP contribution is -2.16. The van der Waals surface area contributed by atoms with Gasteiger partial charge < -0.3 is 9.88 Å². The van der Waals surface area contributed by atoms with Crippen LogP contribution in [0.1, 0.15) is 17.4 Å². The topological polar surface area (TPSA) is 46.9 Å². The number of nitrogens with one attached hydrogen (secondary N) is 1. The Kier molecular flexibility index (Phi) is 4.04. The van der Waals surface area contributed by atoms with Crippen LogP contribution in [0.2, 0.25) is 5.15 Å². The van der Waals surface area contributed by atoms with E-state index >= 15 is 0 Å². The van der Waals surface area contributed by atoms with Crippen LogP contribution < -0.4 is 5.32 Å². The van der Waals surface area contributed by atoms with E-state index in [0.29, 0.717) is 16.5 Å². The zero-order chi connectivity index (χ0) is 13.1. The Balaban J connectivity index is 2.21. The smallest absolute Gasteiger partial charge is 0.272 e. The first-order chi connectivity index (χ1) is 8.60. The molecule has 0 atom stereocenters. The van der Waals surface area contributed by atoms with E-state index < -0.39 is 0 Å². The second kappa shape index (κ2) is 5.54. The number of hydrogen-bond donors (Lipinski definition) is 1. The van der Waals surface area contributed by atoms with E-state index in [0.717, 1.165) is 11.0 Å². The largest absolute Gasteiger partial charge is 0.343 e. The number of aryl methyl sites for hydroxylation is 1. The van der Waals surface area contributed by atoms with Crippen LogP contribution in [0.25, 0.3) is 0 Å². The molecule has 6 heteroatoms. The fraction of sp³-hybridized carbons (Fsp3) is 0.167. The Bertz CT molecular complexity index is 582. The standard InChI is InChI=1S/C12H11BrClN3O/c1-2-17-7-8(13)5-10(17)12(18)16-9-3-4-15-11(14)6-9/h3-7H,2H2,1H3,(H,15,16,18). The molecule has 0 fully saturated rings. The van der Waals surface area contributed by atoms with Gasteiger partial charge in [-0.05, 0) is 41.1 Å². The molecule has 0 spiro atoms. The lowest BCUT2D eigenvalue weighted by Gasteiger charge is -2.07. The maximum absolute atomic E-state index is 12.1. The van der Waals surface area contributed by atoms with Crippen molar-refractivity contribution in [3.05, 3.63) is 45.9 Å². The molecule has 2 aromatic rings. The van der Waals surface area contributed by atoms with Gasteiger partial charge in [-0.1, -0.05) is 11.6 Å². The molecule has 2 heterocycles. The van der Waals surface area contributed by atoms with Gasteiger partial charge in [0.2, 0.25) is 0 Å². The average molecular weight is 329 g/mol. The van der Waals surface area contributed by atoms with Crippen molar-refractivity contribution < 1.29 is 4.79 Å². The van der Waals surface area contributed by atoms with Gasteiger partial charge in [-0.2, -0.15) is 0 Å². The van der Waals surface area contributed by atoms with E-state index in [9.17, 15) is 4.79 Å². The number of pyridine rings is 1. The molecule has 4 nitrogen and oxygen atoms in total. The van der Waals surface area contributed by atoms with Gasteiger partial charge in [0.05, 0.1) is 0 Å². The molecule has 0 aliphatic heterocycles. The monoisotopic (exact) mass is 327 g/mol. The third kappa shape index (κ3) is 2.91. The maximum Gasteiger partial charge on any atom is 0.272 e. The van der Waals surface area contributed by atoms with Crippen LogP contribution in [-0.4, -0.2) is 15.5 Å². The fourth-order valence-electron chi connectivity index (χ4n) is 1.60. The van der Waals surface area contributed by atoms with Crippen LogP contribution in [-0.2, 0) is 6.54 Å². The second-order valence-corrected chi connectivity index (χ2v) is 4.95. The highest BCUT2D eigenvalue weighted by Gasteiger charge is 2.12. The molecule has 0 bridgehead atoms. The Hall–Kier alpha value is -1.33. The van der Waals surface area contributed by atoms with Crippen molar-refractivity contribution in [2.75, 3.05) is 5.32 Å². The highest BCUT2D eigenvalue weighted by molar-refractivity contribution is 9.10. The zero-order valence-corrected chi connectivity index (χ0v) is 12.0. The van der Waals surface area contributed by atoms with Crippen LogP contribution in [0.15, 0.2) is 35.1 Å². The van der Waals surface area contributed by atoms with Crippen LogP contribution in [0.4, 0.5) is 5.69 Å². The minimum absolute atomic E-state index is 0.176. The number of nitrogens with zero attached hydrogens (tertiary/aromatic N) is 2. The summed E-state index contributed by atoms with van der Waals surface area (Å²) in [6.45, 7) is 2.71. The summed E-state index contributed by atoms with van der Waals surface area (Å²) >= 11 is 9.12. The first kappa shape index (κ1) is 13.1. The molecular weight excluding hydrogens is 318 g/mol. The first-order valence-corrected chi connectivity index (χ1v) is 6.56. The van der Waals surface area contributed by atoms with Gasteiger partial charge >= 0.3 is 0 Å². The molecule has 0 aliphatic rings. The molecule has 0 aromatic carbocycles. The average Bonchev–Trinajstić information content (AvgIpc) is 2.70. The van der Waals surface area contributed by atoms with Gasteiger partial charge in [0, 0.05) is 29.1 Å². The normalized spacial score (nSPS) is 10.4. The predicted octanol–water partition coefficient (Wildman–Crippen LogP) is 3.57. The van der Waals surface area contributed by atoms with Crippen molar-refractivity contribution in [1.29, 1.82) is 0 Å². The van der Waals surface area contributed by atoms with Gasteiger partial charge in [-0.15, -0.1) is 0 Å². The number of carbonyl (C=O) groups excluding carboxylic acids is 1. The fourth-order valence-corrected chi connectivity index (χ4v) is 2.24. The van der Waals surface area contributed by atoms with Crippen molar-refractivity contribution in [2.24, 2.45) is 0 Å². The van der Waals surface area contributed by atoms with Gasteiger partial charge in [0.1, 0.15) is 10.8 Å². The van der Waals surface area contributed by atoms with E-state index in [-0.39, 0.29) is 5.91 Å². The van der Waals surface area contributed by atoms with Crippen molar-refractivity contribution in [3.8, 4) is 0 Å². The van der Waals surface area contributed by atoms with Crippen molar-refractivity contribution in [1.82, 2.24) is 9.55 Å². The number of aromatic nitrogens is 2. The number of carbonyl (C=O) groups is 1. The molecule has 2 aromatic heterocycles. The van der Waals surface area contributed by atoms with Crippen LogP contribution in [0.5, 0.6) is 0 Å². The molecule has 0 unspecified atom stereocenters. The third-order valence-corrected chi connectivity index (χ3v) is 3.06. The highest BCUT2D eigenvalue weighted by Crippen LogP contribution is 2.17. The molecule has 0 radical (unpaired) electrons. The summed E-state index contributed by atoms with van der Waals surface area (Å²) in [5.41, 5.74) is 1.22. The van der Waals surface area contributed by atoms with E-state index in [1.54, 1.807) is 24.4 Å². The number of rotatable bonds is 3. The van der Waals surface area contributed by atoms with Crippen molar-refractivity contribution in [2.45, 2.75) is 13.5 Å². The van der Waals surface area contributed by atoms with E-state index in [1.165, 1.54) is 0 Å². The van der Waals surface area contributed by atoms with Crippen LogP contribution in [0, 0.1) is 0 Å². The summed E-state index contributed by atoms with van der Waals surface area (Å²) < 4.78 is 2.74. The number of hydrogen-bond acceptors (Lipinski definition) is 2.